The fourth-order valence-electron chi connectivity index (χ4n) is 2.54. The first kappa shape index (κ1) is 26.0. The van der Waals surface area contributed by atoms with Crippen LogP contribution in [-0.4, -0.2) is 41.8 Å². The molecule has 0 aliphatic heterocycles. The lowest BCUT2D eigenvalue weighted by Crippen LogP contribution is -2.83. The Morgan fingerprint density at radius 1 is 1.29 bits per heavy atom. The molecule has 1 amide bonds. The zero-order valence-electron chi connectivity index (χ0n) is 18.5. The number of carbonyl (C=O) groups is 2. The minimum atomic E-state index is -4.78. The summed E-state index contributed by atoms with van der Waals surface area (Å²) in [5.41, 5.74) is 5.30. The molecule has 0 saturated carbocycles. The summed E-state index contributed by atoms with van der Waals surface area (Å²) >= 11 is 0. The second-order valence-electron chi connectivity index (χ2n) is 6.71. The van der Waals surface area contributed by atoms with Gasteiger partial charge in [-0.1, -0.05) is 12.6 Å². The van der Waals surface area contributed by atoms with Gasteiger partial charge >= 0.3 is 12.1 Å². The van der Waals surface area contributed by atoms with Crippen LogP contribution in [0.25, 0.3) is 0 Å². The number of aliphatic imine (C=N–C) groups is 1. The van der Waals surface area contributed by atoms with Crippen LogP contribution in [0.5, 0.6) is 0 Å². The molecule has 10 nitrogen and oxygen atoms in total. The van der Waals surface area contributed by atoms with Crippen molar-refractivity contribution in [2.45, 2.75) is 13.1 Å². The molecule has 0 aliphatic carbocycles. The standard InChI is InChI=1S/C21H22F3N7O3/c1-5-17(32)28-15-8-11(2)6-7-14(15)29-18-12(21(22,23)24)10-27-20(31-18)30-16(26-3)9-13(25)19(33)34-4/h5-10H,1,25H2,2-4H3,(H,28,32)(H2,26,27,29,30,31)/p+1. The molecule has 1 heterocycles. The summed E-state index contributed by atoms with van der Waals surface area (Å²) in [6.45, 7) is 5.11. The smallest absolute Gasteiger partial charge is 0.421 e. The molecule has 34 heavy (non-hydrogen) atoms. The maximum absolute atomic E-state index is 13.6. The van der Waals surface area contributed by atoms with E-state index in [0.29, 0.717) is 6.20 Å². The van der Waals surface area contributed by atoms with Crippen LogP contribution in [0.15, 0.2) is 53.8 Å². The molecule has 0 aliphatic rings. The van der Waals surface area contributed by atoms with Crippen LogP contribution in [0.4, 0.5) is 36.3 Å². The lowest BCUT2D eigenvalue weighted by molar-refractivity contribution is -0.504. The Labute approximate surface area is 192 Å². The van der Waals surface area contributed by atoms with E-state index in [1.165, 1.54) is 17.5 Å². The van der Waals surface area contributed by atoms with E-state index in [2.05, 4.69) is 36.9 Å². The Morgan fingerprint density at radius 3 is 2.59 bits per heavy atom. The molecule has 13 heteroatoms. The van der Waals surface area contributed by atoms with E-state index in [1.54, 1.807) is 26.1 Å². The number of aryl methyl sites for hydroxylation is 1. The van der Waals surface area contributed by atoms with Crippen molar-refractivity contribution in [3.05, 3.63) is 60.0 Å². The molecular weight excluding hydrogens is 455 g/mol. The van der Waals surface area contributed by atoms with Crippen LogP contribution in [0.1, 0.15) is 11.1 Å². The predicted octanol–water partition coefficient (Wildman–Crippen LogP) is 1.91. The van der Waals surface area contributed by atoms with Crippen molar-refractivity contribution in [1.29, 1.82) is 0 Å². The topological polar surface area (TPSA) is 148 Å². The molecule has 180 valence electrons. The van der Waals surface area contributed by atoms with Crippen molar-refractivity contribution in [3.8, 4) is 0 Å². The molecule has 0 saturated heterocycles. The summed E-state index contributed by atoms with van der Waals surface area (Å²) in [4.78, 5) is 34.8. The Hall–Kier alpha value is -4.26. The van der Waals surface area contributed by atoms with Crippen molar-refractivity contribution in [2.75, 3.05) is 24.8 Å². The van der Waals surface area contributed by atoms with Gasteiger partial charge in [-0.2, -0.15) is 23.1 Å². The number of hydrogen-bond donors (Lipinski definition) is 4. The number of quaternary nitrogens is 1. The fraction of sp³-hybridized carbons (Fsp3) is 0.190. The third-order valence-electron chi connectivity index (χ3n) is 4.20. The summed E-state index contributed by atoms with van der Waals surface area (Å²) in [7, 11) is 2.72. The number of likely N-dealkylation sites (N-methyl/N-ethyl adjacent to an activating group) is 1. The number of amides is 1. The summed E-state index contributed by atoms with van der Waals surface area (Å²) < 4.78 is 45.4. The first-order valence-electron chi connectivity index (χ1n) is 9.67. The number of hydrogen-bond acceptors (Lipinski definition) is 8. The van der Waals surface area contributed by atoms with Gasteiger partial charge in [-0.05, 0) is 30.7 Å². The molecule has 1 aromatic heterocycles. The molecule has 0 atom stereocenters. The number of nitrogens with two attached hydrogens (primary N) is 2. The maximum Gasteiger partial charge on any atom is 0.421 e. The van der Waals surface area contributed by atoms with Crippen LogP contribution < -0.4 is 21.7 Å². The van der Waals surface area contributed by atoms with E-state index in [1.807, 2.05) is 0 Å². The Bertz CT molecular complexity index is 1160. The zero-order valence-corrected chi connectivity index (χ0v) is 18.5. The number of carbonyl (C=O) groups excluding carboxylic acids is 2. The molecule has 2 rings (SSSR count). The van der Waals surface area contributed by atoms with Crippen LogP contribution in [0.3, 0.4) is 0 Å². The van der Waals surface area contributed by atoms with E-state index in [0.717, 1.165) is 18.7 Å². The van der Waals surface area contributed by atoms with Gasteiger partial charge in [-0.3, -0.25) is 10.1 Å². The quantitative estimate of drug-likeness (QED) is 0.206. The van der Waals surface area contributed by atoms with Crippen molar-refractivity contribution >= 4 is 40.9 Å². The number of nitrogens with one attached hydrogen (secondary N) is 2. The highest BCUT2D eigenvalue weighted by molar-refractivity contribution is 6.01. The second-order valence-corrected chi connectivity index (χ2v) is 6.71. The predicted molar refractivity (Wildman–Crippen MR) is 120 cm³/mol. The number of halogens is 3. The number of nitrogens with zero attached hydrogens (tertiary/aromatic N) is 3. The third kappa shape index (κ3) is 6.87. The highest BCUT2D eigenvalue weighted by atomic mass is 19.4. The largest absolute Gasteiger partial charge is 0.464 e. The molecule has 0 spiro atoms. The van der Waals surface area contributed by atoms with Crippen molar-refractivity contribution in [2.24, 2.45) is 10.7 Å². The van der Waals surface area contributed by atoms with Crippen molar-refractivity contribution < 1.29 is 32.8 Å². The zero-order chi connectivity index (χ0) is 25.5. The number of benzene rings is 1. The lowest BCUT2D eigenvalue weighted by atomic mass is 10.1. The van der Waals surface area contributed by atoms with Crippen LogP contribution in [-0.2, 0) is 20.5 Å². The van der Waals surface area contributed by atoms with E-state index >= 15 is 0 Å². The van der Waals surface area contributed by atoms with Crippen LogP contribution >= 0.6 is 0 Å². The first-order valence-corrected chi connectivity index (χ1v) is 9.67. The SMILES string of the molecule is C=CC(=O)Nc1cc(C)ccc1Nc1nc(N=C(C=C(N)C(=O)OC)[NH2+]C)ncc1C(F)(F)F. The molecule has 0 unspecified atom stereocenters. The average molecular weight is 478 g/mol. The molecule has 0 bridgehead atoms. The number of alkyl halides is 3. The van der Waals surface area contributed by atoms with Crippen molar-refractivity contribution in [1.82, 2.24) is 9.97 Å². The van der Waals surface area contributed by atoms with Crippen molar-refractivity contribution in [3.63, 3.8) is 0 Å². The highest BCUT2D eigenvalue weighted by Crippen LogP contribution is 2.36. The normalized spacial score (nSPS) is 12.2. The van der Waals surface area contributed by atoms with Gasteiger partial charge in [0.1, 0.15) is 17.1 Å². The van der Waals surface area contributed by atoms with Gasteiger partial charge in [0.05, 0.1) is 31.6 Å². The van der Waals surface area contributed by atoms with Gasteiger partial charge in [0.25, 0.3) is 5.95 Å². The minimum absolute atomic E-state index is 0.114. The van der Waals surface area contributed by atoms with E-state index in [4.69, 9.17) is 5.73 Å². The molecule has 0 fully saturated rings. The fourth-order valence-corrected chi connectivity index (χ4v) is 2.54. The van der Waals surface area contributed by atoms with Gasteiger partial charge in [-0.15, -0.1) is 0 Å². The molecule has 2 aromatic rings. The minimum Gasteiger partial charge on any atom is -0.464 e. The van der Waals surface area contributed by atoms with E-state index in [-0.39, 0.29) is 28.9 Å². The number of anilines is 3. The van der Waals surface area contributed by atoms with Crippen LogP contribution in [0.2, 0.25) is 0 Å². The summed E-state index contributed by atoms with van der Waals surface area (Å²) in [5, 5.41) is 6.57. The van der Waals surface area contributed by atoms with Gasteiger partial charge in [0.15, 0.2) is 0 Å². The third-order valence-corrected chi connectivity index (χ3v) is 4.20. The van der Waals surface area contributed by atoms with E-state index in [9.17, 15) is 22.8 Å². The molecule has 1 aromatic carbocycles. The number of ether oxygens (including phenoxy) is 1. The van der Waals surface area contributed by atoms with Gasteiger partial charge in [-0.25, -0.2) is 9.78 Å². The highest BCUT2D eigenvalue weighted by Gasteiger charge is 2.35. The average Bonchev–Trinajstić information content (AvgIpc) is 2.78. The Kier molecular flexibility index (Phi) is 8.45. The number of aromatic nitrogens is 2. The van der Waals surface area contributed by atoms with Gasteiger partial charge in [0.2, 0.25) is 11.7 Å². The Morgan fingerprint density at radius 2 is 2.00 bits per heavy atom. The van der Waals surface area contributed by atoms with Gasteiger partial charge in [0, 0.05) is 6.20 Å². The van der Waals surface area contributed by atoms with E-state index < -0.39 is 29.4 Å². The lowest BCUT2D eigenvalue weighted by Gasteiger charge is -2.16. The van der Waals surface area contributed by atoms with Crippen LogP contribution in [0, 0.1) is 6.92 Å². The molecule has 0 radical (unpaired) electrons. The number of rotatable bonds is 7. The number of amidine groups is 1. The monoisotopic (exact) mass is 478 g/mol. The summed E-state index contributed by atoms with van der Waals surface area (Å²) in [6, 6.07) is 4.70. The maximum atomic E-state index is 13.6. The second kappa shape index (κ2) is 11.0. The molecule has 6 N–H and O–H groups in total. The van der Waals surface area contributed by atoms with Gasteiger partial charge < -0.3 is 21.1 Å². The number of methoxy groups -OCH3 is 1. The Balaban J connectivity index is 2.56. The first-order chi connectivity index (χ1) is 16.0. The number of esters is 1. The summed E-state index contributed by atoms with van der Waals surface area (Å²) in [5.74, 6) is -2.17. The molecular formula is C21H23F3N7O3+. The summed E-state index contributed by atoms with van der Waals surface area (Å²) in [6.07, 6.45) is -2.01.